The number of hydrogen-bond acceptors (Lipinski definition) is 4. The van der Waals surface area contributed by atoms with E-state index in [2.05, 4.69) is 19.9 Å². The topological polar surface area (TPSA) is 41.9 Å². The first-order valence-electron chi connectivity index (χ1n) is 5.66. The first-order chi connectivity index (χ1) is 8.25. The van der Waals surface area contributed by atoms with Crippen LogP contribution in [0.2, 0.25) is 0 Å². The maximum atomic E-state index is 4.38. The second-order valence-corrected chi connectivity index (χ2v) is 3.95. The lowest BCUT2D eigenvalue weighted by Gasteiger charge is -2.17. The van der Waals surface area contributed by atoms with Crippen LogP contribution in [0.4, 0.5) is 5.82 Å². The molecule has 0 fully saturated rings. The van der Waals surface area contributed by atoms with Crippen molar-refractivity contribution in [3.05, 3.63) is 48.2 Å². The van der Waals surface area contributed by atoms with E-state index < -0.39 is 0 Å². The SMILES string of the molecule is Cc1nccc(N(C)CCc2ccccn2)n1. The first kappa shape index (κ1) is 11.5. The molecule has 2 aromatic heterocycles. The van der Waals surface area contributed by atoms with E-state index in [4.69, 9.17) is 0 Å². The predicted octanol–water partition coefficient (Wildman–Crippen LogP) is 1.86. The molecule has 4 heteroatoms. The molecule has 0 radical (unpaired) electrons. The van der Waals surface area contributed by atoms with Crippen molar-refractivity contribution in [3.8, 4) is 0 Å². The van der Waals surface area contributed by atoms with E-state index in [9.17, 15) is 0 Å². The number of aryl methyl sites for hydroxylation is 1. The zero-order valence-corrected chi connectivity index (χ0v) is 10.2. The van der Waals surface area contributed by atoms with Crippen molar-refractivity contribution in [2.24, 2.45) is 0 Å². The summed E-state index contributed by atoms with van der Waals surface area (Å²) in [6.45, 7) is 2.80. The molecule has 0 saturated carbocycles. The number of likely N-dealkylation sites (N-methyl/N-ethyl adjacent to an activating group) is 1. The fourth-order valence-corrected chi connectivity index (χ4v) is 1.60. The third kappa shape index (κ3) is 3.24. The van der Waals surface area contributed by atoms with Gasteiger partial charge in [0, 0.05) is 38.1 Å². The standard InChI is InChI=1S/C13H16N4/c1-11-14-9-6-13(16-11)17(2)10-7-12-5-3-4-8-15-12/h3-6,8-9H,7,10H2,1-2H3. The highest BCUT2D eigenvalue weighted by Crippen LogP contribution is 2.08. The van der Waals surface area contributed by atoms with Gasteiger partial charge in [-0.1, -0.05) is 6.07 Å². The highest BCUT2D eigenvalue weighted by atomic mass is 15.2. The van der Waals surface area contributed by atoms with E-state index in [-0.39, 0.29) is 0 Å². The lowest BCUT2D eigenvalue weighted by atomic mass is 10.2. The van der Waals surface area contributed by atoms with Gasteiger partial charge in [-0.25, -0.2) is 9.97 Å². The second-order valence-electron chi connectivity index (χ2n) is 3.95. The van der Waals surface area contributed by atoms with Crippen LogP contribution in [0.25, 0.3) is 0 Å². The molecule has 0 atom stereocenters. The summed E-state index contributed by atoms with van der Waals surface area (Å²) in [4.78, 5) is 14.9. The number of rotatable bonds is 4. The Labute approximate surface area is 101 Å². The van der Waals surface area contributed by atoms with Gasteiger partial charge < -0.3 is 4.90 Å². The molecule has 2 rings (SSSR count). The van der Waals surface area contributed by atoms with Gasteiger partial charge in [-0.2, -0.15) is 0 Å². The van der Waals surface area contributed by atoms with Crippen molar-refractivity contribution in [1.29, 1.82) is 0 Å². The summed E-state index contributed by atoms with van der Waals surface area (Å²) in [7, 11) is 2.03. The lowest BCUT2D eigenvalue weighted by molar-refractivity contribution is 0.830. The van der Waals surface area contributed by atoms with Gasteiger partial charge in [0.15, 0.2) is 0 Å². The minimum Gasteiger partial charge on any atom is -0.359 e. The fraction of sp³-hybridized carbons (Fsp3) is 0.308. The molecule has 88 valence electrons. The van der Waals surface area contributed by atoms with Crippen LogP contribution in [0.5, 0.6) is 0 Å². The van der Waals surface area contributed by atoms with Crippen LogP contribution in [0.1, 0.15) is 11.5 Å². The molecule has 4 nitrogen and oxygen atoms in total. The Morgan fingerprint density at radius 2 is 2.00 bits per heavy atom. The van der Waals surface area contributed by atoms with Crippen molar-refractivity contribution < 1.29 is 0 Å². The number of pyridine rings is 1. The third-order valence-electron chi connectivity index (χ3n) is 2.58. The van der Waals surface area contributed by atoms with Gasteiger partial charge in [0.05, 0.1) is 0 Å². The summed E-state index contributed by atoms with van der Waals surface area (Å²) in [5.41, 5.74) is 1.10. The summed E-state index contributed by atoms with van der Waals surface area (Å²) >= 11 is 0. The number of hydrogen-bond donors (Lipinski definition) is 0. The van der Waals surface area contributed by atoms with Gasteiger partial charge in [-0.05, 0) is 25.1 Å². The molecule has 0 aromatic carbocycles. The van der Waals surface area contributed by atoms with E-state index in [1.165, 1.54) is 0 Å². The summed E-state index contributed by atoms with van der Waals surface area (Å²) in [5.74, 6) is 1.75. The van der Waals surface area contributed by atoms with Crippen LogP contribution >= 0.6 is 0 Å². The maximum Gasteiger partial charge on any atom is 0.131 e. The molecular weight excluding hydrogens is 212 g/mol. The first-order valence-corrected chi connectivity index (χ1v) is 5.66. The van der Waals surface area contributed by atoms with E-state index in [1.807, 2.05) is 44.4 Å². The van der Waals surface area contributed by atoms with Gasteiger partial charge in [-0.3, -0.25) is 4.98 Å². The van der Waals surface area contributed by atoms with Gasteiger partial charge >= 0.3 is 0 Å². The van der Waals surface area contributed by atoms with E-state index in [1.54, 1.807) is 6.20 Å². The Kier molecular flexibility index (Phi) is 3.65. The van der Waals surface area contributed by atoms with Gasteiger partial charge in [0.2, 0.25) is 0 Å². The van der Waals surface area contributed by atoms with Crippen LogP contribution in [0.3, 0.4) is 0 Å². The molecule has 0 N–H and O–H groups in total. The highest BCUT2D eigenvalue weighted by Gasteiger charge is 2.03. The predicted molar refractivity (Wildman–Crippen MR) is 68.0 cm³/mol. The maximum absolute atomic E-state index is 4.38. The van der Waals surface area contributed by atoms with Crippen LogP contribution in [0.15, 0.2) is 36.7 Å². The summed E-state index contributed by atoms with van der Waals surface area (Å²) in [6, 6.07) is 7.91. The molecule has 0 unspecified atom stereocenters. The summed E-state index contributed by atoms with van der Waals surface area (Å²) in [6.07, 6.45) is 4.53. The molecule has 2 heterocycles. The van der Waals surface area contributed by atoms with Crippen molar-refractivity contribution in [1.82, 2.24) is 15.0 Å². The zero-order chi connectivity index (χ0) is 12.1. The van der Waals surface area contributed by atoms with Crippen molar-refractivity contribution in [3.63, 3.8) is 0 Å². The largest absolute Gasteiger partial charge is 0.359 e. The molecule has 0 aliphatic rings. The average molecular weight is 228 g/mol. The smallest absolute Gasteiger partial charge is 0.131 e. The normalized spacial score (nSPS) is 10.2. The lowest BCUT2D eigenvalue weighted by Crippen LogP contribution is -2.22. The molecule has 17 heavy (non-hydrogen) atoms. The molecule has 0 saturated heterocycles. The average Bonchev–Trinajstić information content (AvgIpc) is 2.37. The second kappa shape index (κ2) is 5.39. The Bertz CT molecular complexity index is 470. The Hall–Kier alpha value is -1.97. The van der Waals surface area contributed by atoms with Crippen LogP contribution in [0, 0.1) is 6.92 Å². The monoisotopic (exact) mass is 228 g/mol. The third-order valence-corrected chi connectivity index (χ3v) is 2.58. The number of nitrogens with zero attached hydrogens (tertiary/aromatic N) is 4. The van der Waals surface area contributed by atoms with Crippen molar-refractivity contribution in [2.75, 3.05) is 18.5 Å². The minimum absolute atomic E-state index is 0.798. The molecule has 0 aliphatic carbocycles. The fourth-order valence-electron chi connectivity index (χ4n) is 1.60. The number of aromatic nitrogens is 3. The molecular formula is C13H16N4. The van der Waals surface area contributed by atoms with Crippen LogP contribution in [-0.4, -0.2) is 28.5 Å². The van der Waals surface area contributed by atoms with E-state index in [0.717, 1.165) is 30.3 Å². The molecule has 0 amide bonds. The Balaban J connectivity index is 1.96. The van der Waals surface area contributed by atoms with Gasteiger partial charge in [0.1, 0.15) is 11.6 Å². The van der Waals surface area contributed by atoms with Crippen molar-refractivity contribution in [2.45, 2.75) is 13.3 Å². The molecule has 0 bridgehead atoms. The quantitative estimate of drug-likeness (QED) is 0.801. The molecule has 2 aromatic rings. The zero-order valence-electron chi connectivity index (χ0n) is 10.2. The van der Waals surface area contributed by atoms with Crippen LogP contribution < -0.4 is 4.90 Å². The van der Waals surface area contributed by atoms with E-state index in [0.29, 0.717) is 0 Å². The van der Waals surface area contributed by atoms with Crippen molar-refractivity contribution >= 4 is 5.82 Å². The highest BCUT2D eigenvalue weighted by molar-refractivity contribution is 5.36. The summed E-state index contributed by atoms with van der Waals surface area (Å²) < 4.78 is 0. The molecule has 0 spiro atoms. The van der Waals surface area contributed by atoms with Gasteiger partial charge in [-0.15, -0.1) is 0 Å². The van der Waals surface area contributed by atoms with Crippen LogP contribution in [-0.2, 0) is 6.42 Å². The number of anilines is 1. The van der Waals surface area contributed by atoms with E-state index >= 15 is 0 Å². The Morgan fingerprint density at radius 1 is 1.12 bits per heavy atom. The molecule has 0 aliphatic heterocycles. The minimum atomic E-state index is 0.798. The Morgan fingerprint density at radius 3 is 2.71 bits per heavy atom. The summed E-state index contributed by atoms with van der Waals surface area (Å²) in [5, 5.41) is 0. The van der Waals surface area contributed by atoms with Gasteiger partial charge in [0.25, 0.3) is 0 Å².